The van der Waals surface area contributed by atoms with Crippen molar-refractivity contribution >= 4 is 0 Å². The van der Waals surface area contributed by atoms with Gasteiger partial charge in [0.2, 0.25) is 0 Å². The van der Waals surface area contributed by atoms with E-state index in [-0.39, 0.29) is 0 Å². The van der Waals surface area contributed by atoms with E-state index >= 15 is 0 Å². The van der Waals surface area contributed by atoms with Crippen LogP contribution in [-0.4, -0.2) is 34.3 Å². The van der Waals surface area contributed by atoms with Gasteiger partial charge in [0.1, 0.15) is 0 Å². The van der Waals surface area contributed by atoms with E-state index in [4.69, 9.17) is 0 Å². The van der Waals surface area contributed by atoms with Gasteiger partial charge in [0.05, 0.1) is 12.2 Å². The number of benzene rings is 1. The second-order valence-electron chi connectivity index (χ2n) is 6.74. The van der Waals surface area contributed by atoms with Crippen LogP contribution >= 0.6 is 0 Å². The number of fused-ring (bicyclic) bond motifs is 1. The Bertz CT molecular complexity index is 606. The van der Waals surface area contributed by atoms with Crippen LogP contribution in [0.3, 0.4) is 0 Å². The molecule has 0 amide bonds. The number of likely N-dealkylation sites (tertiary alicyclic amines) is 1. The summed E-state index contributed by atoms with van der Waals surface area (Å²) in [6, 6.07) is 9.52. The van der Waals surface area contributed by atoms with E-state index < -0.39 is 0 Å². The lowest BCUT2D eigenvalue weighted by Crippen LogP contribution is -2.28. The van der Waals surface area contributed by atoms with Crippen LogP contribution in [0.15, 0.2) is 36.7 Å². The fourth-order valence-corrected chi connectivity index (χ4v) is 3.97. The highest BCUT2D eigenvalue weighted by Crippen LogP contribution is 2.29. The molecule has 21 heavy (non-hydrogen) atoms. The monoisotopic (exact) mass is 281 g/mol. The van der Waals surface area contributed by atoms with Gasteiger partial charge in [0.15, 0.2) is 0 Å². The maximum atomic E-state index is 4.49. The fourth-order valence-electron chi connectivity index (χ4n) is 3.97. The lowest BCUT2D eigenvalue weighted by Gasteiger charge is -2.20. The molecule has 3 heteroatoms. The van der Waals surface area contributed by atoms with Gasteiger partial charge in [0.25, 0.3) is 0 Å². The van der Waals surface area contributed by atoms with E-state index in [2.05, 4.69) is 52.1 Å². The van der Waals surface area contributed by atoms with E-state index in [9.17, 15) is 0 Å². The summed E-state index contributed by atoms with van der Waals surface area (Å²) in [6.07, 6.45) is 7.91. The summed E-state index contributed by atoms with van der Waals surface area (Å²) in [5.74, 6) is 0.806. The van der Waals surface area contributed by atoms with Crippen molar-refractivity contribution < 1.29 is 0 Å². The quantitative estimate of drug-likeness (QED) is 0.862. The summed E-state index contributed by atoms with van der Waals surface area (Å²) in [7, 11) is 0. The van der Waals surface area contributed by atoms with E-state index in [0.29, 0.717) is 6.04 Å². The third-order valence-electron chi connectivity index (χ3n) is 5.00. The molecule has 2 aromatic rings. The molecule has 1 aromatic heterocycles. The number of aromatic nitrogens is 2. The average molecular weight is 281 g/mol. The zero-order chi connectivity index (χ0) is 14.2. The predicted molar refractivity (Wildman–Crippen MR) is 84.4 cm³/mol. The summed E-state index contributed by atoms with van der Waals surface area (Å²) < 4.78 is 2.17. The van der Waals surface area contributed by atoms with E-state index in [0.717, 1.165) is 12.5 Å². The highest BCUT2D eigenvalue weighted by Gasteiger charge is 2.28. The minimum absolute atomic E-state index is 0.572. The third-order valence-corrected chi connectivity index (χ3v) is 5.00. The Kier molecular flexibility index (Phi) is 3.30. The molecule has 2 aliphatic rings. The first-order valence-electron chi connectivity index (χ1n) is 8.08. The SMILES string of the molecule is Cc1cnn(C2CCN(CC3Cc4ccccc4C3)C2)c1. The predicted octanol–water partition coefficient (Wildman–Crippen LogP) is 2.85. The van der Waals surface area contributed by atoms with Gasteiger partial charge < -0.3 is 4.90 Å². The molecule has 2 heterocycles. The maximum Gasteiger partial charge on any atom is 0.0658 e. The highest BCUT2D eigenvalue weighted by atomic mass is 15.3. The van der Waals surface area contributed by atoms with E-state index in [1.165, 1.54) is 37.9 Å². The Balaban J connectivity index is 1.35. The molecule has 1 unspecified atom stereocenters. The van der Waals surface area contributed by atoms with Gasteiger partial charge in [-0.2, -0.15) is 5.10 Å². The molecular formula is C18H23N3. The van der Waals surface area contributed by atoms with Crippen molar-refractivity contribution in [3.8, 4) is 0 Å². The maximum absolute atomic E-state index is 4.49. The lowest BCUT2D eigenvalue weighted by atomic mass is 10.1. The first kappa shape index (κ1) is 13.1. The molecule has 4 rings (SSSR count). The van der Waals surface area contributed by atoms with Crippen LogP contribution in [0.5, 0.6) is 0 Å². The minimum Gasteiger partial charge on any atom is -0.301 e. The van der Waals surface area contributed by atoms with Crippen molar-refractivity contribution in [3.05, 3.63) is 53.3 Å². The number of hydrogen-bond donors (Lipinski definition) is 0. The molecule has 1 saturated heterocycles. The van der Waals surface area contributed by atoms with Crippen molar-refractivity contribution in [1.29, 1.82) is 0 Å². The van der Waals surface area contributed by atoms with Crippen molar-refractivity contribution in [2.24, 2.45) is 5.92 Å². The van der Waals surface area contributed by atoms with E-state index in [1.54, 1.807) is 11.1 Å². The first-order chi connectivity index (χ1) is 10.3. The van der Waals surface area contributed by atoms with Gasteiger partial charge >= 0.3 is 0 Å². The summed E-state index contributed by atoms with van der Waals surface area (Å²) in [6.45, 7) is 5.74. The lowest BCUT2D eigenvalue weighted by molar-refractivity contribution is 0.270. The Morgan fingerprint density at radius 2 is 1.95 bits per heavy atom. The van der Waals surface area contributed by atoms with Crippen molar-refractivity contribution in [1.82, 2.24) is 14.7 Å². The van der Waals surface area contributed by atoms with Crippen LogP contribution < -0.4 is 0 Å². The zero-order valence-corrected chi connectivity index (χ0v) is 12.7. The number of hydrogen-bond acceptors (Lipinski definition) is 2. The normalized spacial score (nSPS) is 22.8. The van der Waals surface area contributed by atoms with Crippen LogP contribution in [0.2, 0.25) is 0 Å². The topological polar surface area (TPSA) is 21.1 Å². The van der Waals surface area contributed by atoms with Gasteiger partial charge in [-0.3, -0.25) is 4.68 Å². The molecule has 1 fully saturated rings. The number of aryl methyl sites for hydroxylation is 1. The van der Waals surface area contributed by atoms with E-state index in [1.807, 2.05) is 6.20 Å². The largest absolute Gasteiger partial charge is 0.301 e. The van der Waals surface area contributed by atoms with Crippen LogP contribution in [0.25, 0.3) is 0 Å². The first-order valence-corrected chi connectivity index (χ1v) is 8.08. The Hall–Kier alpha value is -1.61. The Morgan fingerprint density at radius 1 is 1.19 bits per heavy atom. The molecule has 1 atom stereocenters. The fraction of sp³-hybridized carbons (Fsp3) is 0.500. The number of nitrogens with zero attached hydrogens (tertiary/aromatic N) is 3. The minimum atomic E-state index is 0.572. The standard InChI is InChI=1S/C18H23N3/c1-14-10-19-21(11-14)18-6-7-20(13-18)12-15-8-16-4-2-3-5-17(16)9-15/h2-5,10-11,15,18H,6-9,12-13H2,1H3. The smallest absolute Gasteiger partial charge is 0.0658 e. The molecule has 0 radical (unpaired) electrons. The third kappa shape index (κ3) is 2.62. The van der Waals surface area contributed by atoms with Crippen molar-refractivity contribution in [2.75, 3.05) is 19.6 Å². The molecule has 3 nitrogen and oxygen atoms in total. The van der Waals surface area contributed by atoms with Gasteiger partial charge in [-0.25, -0.2) is 0 Å². The highest BCUT2D eigenvalue weighted by molar-refractivity contribution is 5.32. The van der Waals surface area contributed by atoms with Crippen molar-refractivity contribution in [2.45, 2.75) is 32.2 Å². The van der Waals surface area contributed by atoms with Gasteiger partial charge in [-0.1, -0.05) is 24.3 Å². The molecule has 0 bridgehead atoms. The second-order valence-corrected chi connectivity index (χ2v) is 6.74. The Labute approximate surface area is 126 Å². The number of rotatable bonds is 3. The summed E-state index contributed by atoms with van der Waals surface area (Å²) >= 11 is 0. The molecule has 1 aliphatic heterocycles. The second kappa shape index (κ2) is 5.30. The van der Waals surface area contributed by atoms with Gasteiger partial charge in [-0.15, -0.1) is 0 Å². The molecule has 1 aromatic carbocycles. The van der Waals surface area contributed by atoms with Crippen LogP contribution in [0, 0.1) is 12.8 Å². The van der Waals surface area contributed by atoms with Crippen molar-refractivity contribution in [3.63, 3.8) is 0 Å². The Morgan fingerprint density at radius 3 is 2.62 bits per heavy atom. The molecule has 0 spiro atoms. The summed E-state index contributed by atoms with van der Waals surface area (Å²) in [4.78, 5) is 2.64. The molecule has 1 aliphatic carbocycles. The average Bonchev–Trinajstić information content (AvgIpc) is 3.17. The molecule has 0 saturated carbocycles. The molecular weight excluding hydrogens is 258 g/mol. The summed E-state index contributed by atoms with van der Waals surface area (Å²) in [5.41, 5.74) is 4.40. The van der Waals surface area contributed by atoms with Crippen LogP contribution in [0.4, 0.5) is 0 Å². The van der Waals surface area contributed by atoms with Crippen LogP contribution in [0.1, 0.15) is 29.2 Å². The van der Waals surface area contributed by atoms with Gasteiger partial charge in [-0.05, 0) is 48.8 Å². The van der Waals surface area contributed by atoms with Gasteiger partial charge in [0, 0.05) is 25.8 Å². The zero-order valence-electron chi connectivity index (χ0n) is 12.7. The summed E-state index contributed by atoms with van der Waals surface area (Å²) in [5, 5.41) is 4.49. The van der Waals surface area contributed by atoms with Crippen LogP contribution in [-0.2, 0) is 12.8 Å². The molecule has 0 N–H and O–H groups in total. The molecule has 110 valence electrons.